The normalized spacial score (nSPS) is 30.5. The number of allylic oxidation sites excluding steroid dienone is 2. The molecule has 8 nitrogen and oxygen atoms in total. The summed E-state index contributed by atoms with van der Waals surface area (Å²) in [7, 11) is 0. The third-order valence-corrected chi connectivity index (χ3v) is 10.8. The van der Waals surface area contributed by atoms with E-state index in [1.807, 2.05) is 0 Å². The van der Waals surface area contributed by atoms with Crippen LogP contribution in [0.1, 0.15) is 30.3 Å². The van der Waals surface area contributed by atoms with Crippen molar-refractivity contribution in [1.29, 1.82) is 0 Å². The number of fused-ring (bicyclic) bond motifs is 4. The maximum absolute atomic E-state index is 15.1. The molecule has 0 radical (unpaired) electrons. The highest BCUT2D eigenvalue weighted by atomic mass is 35.5. The highest BCUT2D eigenvalue weighted by Crippen LogP contribution is 2.66. The Morgan fingerprint density at radius 2 is 1.43 bits per heavy atom. The monoisotopic (exact) mass is 680 g/mol. The van der Waals surface area contributed by atoms with Gasteiger partial charge in [0.1, 0.15) is 23.8 Å². The van der Waals surface area contributed by atoms with Gasteiger partial charge >= 0.3 is 0 Å². The maximum atomic E-state index is 15.1. The zero-order valence-corrected chi connectivity index (χ0v) is 24.6. The standard InChI is InChI=1S/C31H19Cl2F5N2O6/c32-30-10-16-14(7-8-15-18(16)27(43)39(26(15)42)12-4-2-1-3-5-12)19(17-9-6-13(11-41)46-17)31(30,33)29(45)40(28(30)44)25-23(37)21(35)20(34)22(36)24(25)38/h1-7,9,15-16,18-19,41H,8,10-11H2. The fraction of sp³-hybridized carbons (Fsp3) is 0.290. The lowest BCUT2D eigenvalue weighted by Gasteiger charge is -2.49. The van der Waals surface area contributed by atoms with Gasteiger partial charge < -0.3 is 9.52 Å². The van der Waals surface area contributed by atoms with Crippen molar-refractivity contribution in [3.63, 3.8) is 0 Å². The number of alkyl halides is 2. The van der Waals surface area contributed by atoms with Gasteiger partial charge in [-0.2, -0.15) is 0 Å². The lowest BCUT2D eigenvalue weighted by Crippen LogP contribution is -2.60. The first-order valence-corrected chi connectivity index (χ1v) is 14.7. The largest absolute Gasteiger partial charge is 0.463 e. The summed E-state index contributed by atoms with van der Waals surface area (Å²) in [4.78, 5) is 51.2. The Labute approximate surface area is 265 Å². The number of hydrogen-bond donors (Lipinski definition) is 1. The van der Waals surface area contributed by atoms with E-state index in [1.54, 1.807) is 36.4 Å². The topological polar surface area (TPSA) is 108 Å². The molecule has 1 N–H and O–H groups in total. The predicted octanol–water partition coefficient (Wildman–Crippen LogP) is 5.24. The van der Waals surface area contributed by atoms with Crippen LogP contribution >= 0.6 is 23.2 Å². The number of halogens is 7. The molecule has 15 heteroatoms. The van der Waals surface area contributed by atoms with Crippen molar-refractivity contribution in [3.8, 4) is 0 Å². The number of amides is 4. The molecule has 2 aromatic carbocycles. The van der Waals surface area contributed by atoms with Crippen LogP contribution < -0.4 is 9.80 Å². The number of imide groups is 2. The van der Waals surface area contributed by atoms with Crippen molar-refractivity contribution in [2.75, 3.05) is 9.80 Å². The van der Waals surface area contributed by atoms with E-state index in [2.05, 4.69) is 0 Å². The summed E-state index contributed by atoms with van der Waals surface area (Å²) in [5.74, 6) is -21.5. The Morgan fingerprint density at radius 1 is 0.804 bits per heavy atom. The highest BCUT2D eigenvalue weighted by molar-refractivity contribution is 6.58. The summed E-state index contributed by atoms with van der Waals surface area (Å²) in [6.07, 6.45) is 0.907. The number of rotatable bonds is 4. The summed E-state index contributed by atoms with van der Waals surface area (Å²) in [6, 6.07) is 10.7. The van der Waals surface area contributed by atoms with Crippen LogP contribution in [-0.2, 0) is 25.8 Å². The number of furan rings is 1. The molecule has 0 spiro atoms. The molecule has 2 aliphatic carbocycles. The van der Waals surface area contributed by atoms with E-state index in [1.165, 1.54) is 12.1 Å². The summed E-state index contributed by atoms with van der Waals surface area (Å²) in [5.41, 5.74) is -1.34. The maximum Gasteiger partial charge on any atom is 0.258 e. The van der Waals surface area contributed by atoms with Crippen molar-refractivity contribution in [2.24, 2.45) is 17.8 Å². The van der Waals surface area contributed by atoms with Gasteiger partial charge in [-0.3, -0.25) is 24.1 Å². The Bertz CT molecular complexity index is 1890. The van der Waals surface area contributed by atoms with E-state index in [4.69, 9.17) is 27.6 Å². The number of aliphatic hydroxyl groups excluding tert-OH is 1. The van der Waals surface area contributed by atoms with Gasteiger partial charge in [0, 0.05) is 0 Å². The molecule has 7 rings (SSSR count). The minimum Gasteiger partial charge on any atom is -0.463 e. The van der Waals surface area contributed by atoms with Crippen LogP contribution in [0.5, 0.6) is 0 Å². The average molecular weight is 681 g/mol. The Balaban J connectivity index is 1.42. The number of benzene rings is 2. The van der Waals surface area contributed by atoms with Gasteiger partial charge in [-0.15, -0.1) is 23.2 Å². The van der Waals surface area contributed by atoms with Gasteiger partial charge in [-0.1, -0.05) is 29.8 Å². The zero-order chi connectivity index (χ0) is 33.0. The van der Waals surface area contributed by atoms with E-state index in [0.29, 0.717) is 0 Å². The number of para-hydroxylation sites is 1. The molecule has 1 aromatic heterocycles. The Morgan fingerprint density at radius 3 is 2.04 bits per heavy atom. The quantitative estimate of drug-likeness (QED) is 0.101. The average Bonchev–Trinajstić information content (AvgIpc) is 3.66. The third-order valence-electron chi connectivity index (χ3n) is 9.36. The fourth-order valence-electron chi connectivity index (χ4n) is 7.34. The van der Waals surface area contributed by atoms with E-state index >= 15 is 8.78 Å². The van der Waals surface area contributed by atoms with Gasteiger partial charge in [0.2, 0.25) is 17.6 Å². The lowest BCUT2D eigenvalue weighted by atomic mass is 9.57. The summed E-state index contributed by atoms with van der Waals surface area (Å²) in [5, 5.41) is 9.66. The minimum atomic E-state index is -2.70. The molecule has 2 saturated heterocycles. The van der Waals surface area contributed by atoms with Crippen LogP contribution in [0.4, 0.5) is 33.3 Å². The van der Waals surface area contributed by atoms with Crippen LogP contribution in [-0.4, -0.2) is 38.5 Å². The molecule has 6 unspecified atom stereocenters. The molecular formula is C31H19Cl2F5N2O6. The van der Waals surface area contributed by atoms with E-state index in [-0.39, 0.29) is 34.1 Å². The van der Waals surface area contributed by atoms with E-state index in [9.17, 15) is 37.5 Å². The van der Waals surface area contributed by atoms with Crippen LogP contribution in [0.3, 0.4) is 0 Å². The first-order valence-electron chi connectivity index (χ1n) is 13.9. The molecule has 0 bridgehead atoms. The number of aliphatic hydroxyl groups is 1. The lowest BCUT2D eigenvalue weighted by molar-refractivity contribution is -0.125. The van der Waals surface area contributed by atoms with Crippen LogP contribution in [0.15, 0.2) is 58.5 Å². The summed E-state index contributed by atoms with van der Waals surface area (Å²) in [6.45, 7) is -0.607. The number of hydrogen-bond acceptors (Lipinski definition) is 6. The van der Waals surface area contributed by atoms with Crippen LogP contribution in [0.2, 0.25) is 0 Å². The molecule has 6 atom stereocenters. The van der Waals surface area contributed by atoms with Gasteiger partial charge in [0.25, 0.3) is 11.8 Å². The number of anilines is 2. The fourth-order valence-corrected chi connectivity index (χ4v) is 8.26. The smallest absolute Gasteiger partial charge is 0.258 e. The van der Waals surface area contributed by atoms with Crippen molar-refractivity contribution in [2.45, 2.75) is 35.1 Å². The van der Waals surface area contributed by atoms with Crippen molar-refractivity contribution in [1.82, 2.24) is 0 Å². The molecule has 3 aromatic rings. The highest BCUT2D eigenvalue weighted by Gasteiger charge is 2.77. The molecule has 46 heavy (non-hydrogen) atoms. The first kappa shape index (κ1) is 30.6. The molecule has 1 saturated carbocycles. The molecule has 3 heterocycles. The van der Waals surface area contributed by atoms with Crippen LogP contribution in [0, 0.1) is 46.8 Å². The molecule has 3 fully saturated rings. The predicted molar refractivity (Wildman–Crippen MR) is 150 cm³/mol. The number of carbonyl (C=O) groups excluding carboxylic acids is 4. The van der Waals surface area contributed by atoms with E-state index < -0.39 is 105 Å². The first-order chi connectivity index (χ1) is 21.8. The van der Waals surface area contributed by atoms with Gasteiger partial charge in [-0.25, -0.2) is 26.9 Å². The Hall–Kier alpha value is -4.07. The van der Waals surface area contributed by atoms with E-state index in [0.717, 1.165) is 4.90 Å². The van der Waals surface area contributed by atoms with Gasteiger partial charge in [0.05, 0.1) is 23.4 Å². The number of nitrogens with zero attached hydrogens (tertiary/aromatic N) is 2. The van der Waals surface area contributed by atoms with Gasteiger partial charge in [-0.05, 0) is 43.0 Å². The van der Waals surface area contributed by atoms with Crippen molar-refractivity contribution >= 4 is 58.2 Å². The van der Waals surface area contributed by atoms with Crippen molar-refractivity contribution < 1.29 is 50.7 Å². The zero-order valence-electron chi connectivity index (χ0n) is 23.1. The van der Waals surface area contributed by atoms with Gasteiger partial charge in [0.15, 0.2) is 33.0 Å². The summed E-state index contributed by atoms with van der Waals surface area (Å²) < 4.78 is 78.4. The summed E-state index contributed by atoms with van der Waals surface area (Å²) >= 11 is 14.0. The van der Waals surface area contributed by atoms with Crippen LogP contribution in [0.25, 0.3) is 0 Å². The van der Waals surface area contributed by atoms with Crippen molar-refractivity contribution in [3.05, 3.63) is 94.7 Å². The third kappa shape index (κ3) is 3.70. The molecule has 4 aliphatic rings. The SMILES string of the molecule is O=C1C2CC=C3C(CC4(Cl)C(=O)N(c5c(F)c(F)c(F)c(F)c5F)C(=O)C4(Cl)C3c3ccc(CO)o3)C2C(=O)N1c1ccccc1. The molecule has 238 valence electrons. The second kappa shape index (κ2) is 10.2. The minimum absolute atomic E-state index is 0.0115. The molecule has 4 amide bonds. The molecular weight excluding hydrogens is 662 g/mol. The second-order valence-electron chi connectivity index (χ2n) is 11.5. The Kier molecular flexibility index (Phi) is 6.79. The number of carbonyl (C=O) groups is 4. The second-order valence-corrected chi connectivity index (χ2v) is 12.7. The molecule has 2 aliphatic heterocycles.